The van der Waals surface area contributed by atoms with E-state index < -0.39 is 15.6 Å². The van der Waals surface area contributed by atoms with Gasteiger partial charge in [-0.15, -0.1) is 0 Å². The molecule has 1 aromatic rings. The van der Waals surface area contributed by atoms with E-state index in [0.29, 0.717) is 41.9 Å². The molecule has 0 heterocycles. The van der Waals surface area contributed by atoms with E-state index in [1.165, 1.54) is 25.7 Å². The fraction of sp³-hybridized carbons (Fsp3) is 0.821. The first-order valence-electron chi connectivity index (χ1n) is 18.3. The molecule has 0 amide bonds. The van der Waals surface area contributed by atoms with Crippen molar-refractivity contribution in [1.82, 2.24) is 0 Å². The Kier molecular flexibility index (Phi) is 10.1. The Morgan fingerprint density at radius 1 is 0.956 bits per heavy atom. The number of sulfone groups is 1. The molecule has 4 saturated carbocycles. The lowest BCUT2D eigenvalue weighted by Crippen LogP contribution is -2.62. The molecule has 11 atom stereocenters. The molecule has 0 saturated heterocycles. The molecule has 0 aliphatic heterocycles. The Labute approximate surface area is 274 Å². The molecular formula is C39H62O5S. The minimum atomic E-state index is -3.65. The van der Waals surface area contributed by atoms with Crippen LogP contribution in [0.15, 0.2) is 29.2 Å². The number of hydrogen-bond acceptors (Lipinski definition) is 5. The Hall–Kier alpha value is -1.24. The van der Waals surface area contributed by atoms with E-state index in [-0.39, 0.29) is 45.0 Å². The van der Waals surface area contributed by atoms with E-state index in [9.17, 15) is 23.4 Å². The summed E-state index contributed by atoms with van der Waals surface area (Å²) in [5.41, 5.74) is 1.50. The molecule has 1 aromatic carbocycles. The van der Waals surface area contributed by atoms with Crippen LogP contribution in [0.25, 0.3) is 0 Å². The lowest BCUT2D eigenvalue weighted by Gasteiger charge is -2.64. The third kappa shape index (κ3) is 6.35. The second-order valence-electron chi connectivity index (χ2n) is 17.1. The molecule has 2 N–H and O–H groups in total. The first-order valence-corrected chi connectivity index (χ1v) is 20.0. The van der Waals surface area contributed by atoms with Gasteiger partial charge in [-0.25, -0.2) is 8.42 Å². The normalized spacial score (nSPS) is 39.0. The van der Waals surface area contributed by atoms with Crippen LogP contribution in [0.4, 0.5) is 0 Å². The largest absolute Gasteiger partial charge is 0.393 e. The van der Waals surface area contributed by atoms with Gasteiger partial charge in [0.2, 0.25) is 0 Å². The number of Topliss-reactive ketones (excluding diaryl/α,β-unsaturated/α-hetero) is 1. The summed E-state index contributed by atoms with van der Waals surface area (Å²) >= 11 is 0. The summed E-state index contributed by atoms with van der Waals surface area (Å²) in [5.74, 6) is 2.52. The van der Waals surface area contributed by atoms with E-state index in [2.05, 4.69) is 48.5 Å². The Balaban J connectivity index is 1.19. The zero-order valence-corrected chi connectivity index (χ0v) is 30.0. The SMILES string of the molecule is CC[C@H]1[C@@H](O)[C@@H]2[C@H](CC[C@]3(C)[C@@H]([C@H](C)CCCC(=O)CS(=O)(=O)c4ccc(C(C)(C)CC)cc4)CC[C@@H]23)[C@@]2(C)CC[C@@H](O)C[C@@H]12. The summed E-state index contributed by atoms with van der Waals surface area (Å²) in [4.78, 5) is 13.1. The molecule has 4 aliphatic rings. The number of carbonyl (C=O) groups excluding carboxylic acids is 1. The molecule has 0 unspecified atom stereocenters. The zero-order valence-electron chi connectivity index (χ0n) is 29.2. The molecule has 4 fully saturated rings. The minimum Gasteiger partial charge on any atom is -0.393 e. The molecule has 0 spiro atoms. The monoisotopic (exact) mass is 642 g/mol. The number of ketones is 1. The summed E-state index contributed by atoms with van der Waals surface area (Å²) in [6, 6.07) is 7.09. The predicted molar refractivity (Wildman–Crippen MR) is 182 cm³/mol. The number of hydrogen-bond donors (Lipinski definition) is 2. The van der Waals surface area contributed by atoms with Crippen molar-refractivity contribution in [2.24, 2.45) is 52.3 Å². The lowest BCUT2D eigenvalue weighted by atomic mass is 9.41. The van der Waals surface area contributed by atoms with Crippen LogP contribution in [0, 0.1) is 52.3 Å². The summed E-state index contributed by atoms with van der Waals surface area (Å²) in [7, 11) is -3.65. The van der Waals surface area contributed by atoms with Crippen LogP contribution in [0.5, 0.6) is 0 Å². The second-order valence-corrected chi connectivity index (χ2v) is 19.0. The number of aliphatic hydroxyl groups is 2. The number of fused-ring (bicyclic) bond motifs is 5. The fourth-order valence-electron chi connectivity index (χ4n) is 11.4. The quantitative estimate of drug-likeness (QED) is 0.254. The maximum absolute atomic E-state index is 13.0. The smallest absolute Gasteiger partial charge is 0.185 e. The third-order valence-corrected chi connectivity index (χ3v) is 16.2. The van der Waals surface area contributed by atoms with Crippen molar-refractivity contribution in [3.8, 4) is 0 Å². The summed E-state index contributed by atoms with van der Waals surface area (Å²) in [5, 5.41) is 22.5. The number of rotatable bonds is 11. The predicted octanol–water partition coefficient (Wildman–Crippen LogP) is 8.15. The van der Waals surface area contributed by atoms with Crippen LogP contribution in [0.3, 0.4) is 0 Å². The topological polar surface area (TPSA) is 91.7 Å². The van der Waals surface area contributed by atoms with Crippen LogP contribution in [-0.4, -0.2) is 42.4 Å². The highest BCUT2D eigenvalue weighted by atomic mass is 32.2. The highest BCUT2D eigenvalue weighted by Crippen LogP contribution is 2.69. The molecule has 5 rings (SSSR count). The van der Waals surface area contributed by atoms with E-state index in [1.807, 2.05) is 12.1 Å². The Morgan fingerprint density at radius 2 is 1.60 bits per heavy atom. The standard InChI is InChI=1S/C39H62O5S/c1-8-30-34-23-27(40)19-21-39(34,7)33-20-22-38(6)31(17-18-32(38)35(33)36(30)42)25(3)11-10-12-28(41)24-45(43,44)29-15-13-26(14-16-29)37(4,5)9-2/h13-16,25,27,30-36,40,42H,8-12,17-24H2,1-7H3/t25-,27-,30-,31-,32+,33+,34+,35+,36-,38-,39-/m1/s1. The van der Waals surface area contributed by atoms with Gasteiger partial charge in [0.05, 0.1) is 17.1 Å². The van der Waals surface area contributed by atoms with Crippen LogP contribution in [0.1, 0.15) is 131 Å². The lowest BCUT2D eigenvalue weighted by molar-refractivity contribution is -0.203. The minimum absolute atomic E-state index is 0.0141. The molecule has 0 radical (unpaired) electrons. The average Bonchev–Trinajstić information content (AvgIpc) is 3.35. The molecule has 6 heteroatoms. The van der Waals surface area contributed by atoms with Crippen LogP contribution >= 0.6 is 0 Å². The summed E-state index contributed by atoms with van der Waals surface area (Å²) in [6.45, 7) is 16.0. The highest BCUT2D eigenvalue weighted by molar-refractivity contribution is 7.92. The maximum Gasteiger partial charge on any atom is 0.185 e. The van der Waals surface area contributed by atoms with Crippen molar-refractivity contribution in [1.29, 1.82) is 0 Å². The van der Waals surface area contributed by atoms with Gasteiger partial charge in [0.25, 0.3) is 0 Å². The van der Waals surface area contributed by atoms with Gasteiger partial charge in [0.1, 0.15) is 11.5 Å². The van der Waals surface area contributed by atoms with E-state index in [0.717, 1.165) is 50.5 Å². The van der Waals surface area contributed by atoms with E-state index >= 15 is 0 Å². The van der Waals surface area contributed by atoms with Gasteiger partial charge in [-0.3, -0.25) is 4.79 Å². The van der Waals surface area contributed by atoms with Gasteiger partial charge < -0.3 is 10.2 Å². The first-order chi connectivity index (χ1) is 21.1. The third-order valence-electron chi connectivity index (χ3n) is 14.5. The van der Waals surface area contributed by atoms with Crippen LogP contribution in [0.2, 0.25) is 0 Å². The van der Waals surface area contributed by atoms with Crippen molar-refractivity contribution in [2.45, 2.75) is 148 Å². The highest BCUT2D eigenvalue weighted by Gasteiger charge is 2.64. The van der Waals surface area contributed by atoms with E-state index in [4.69, 9.17) is 0 Å². The van der Waals surface area contributed by atoms with Crippen LogP contribution < -0.4 is 0 Å². The van der Waals surface area contributed by atoms with Gasteiger partial charge >= 0.3 is 0 Å². The first kappa shape index (κ1) is 35.1. The van der Waals surface area contributed by atoms with Crippen molar-refractivity contribution >= 4 is 15.6 Å². The number of benzene rings is 1. The van der Waals surface area contributed by atoms with Gasteiger partial charge in [0, 0.05) is 6.42 Å². The van der Waals surface area contributed by atoms with Gasteiger partial charge in [0.15, 0.2) is 9.84 Å². The zero-order chi connectivity index (χ0) is 32.9. The molecule has 254 valence electrons. The molecule has 0 bridgehead atoms. The van der Waals surface area contributed by atoms with Gasteiger partial charge in [-0.1, -0.05) is 73.4 Å². The number of carbonyl (C=O) groups is 1. The summed E-state index contributed by atoms with van der Waals surface area (Å²) in [6.07, 6.45) is 11.0. The maximum atomic E-state index is 13.0. The van der Waals surface area contributed by atoms with E-state index in [1.54, 1.807) is 12.1 Å². The van der Waals surface area contributed by atoms with Crippen molar-refractivity contribution in [3.63, 3.8) is 0 Å². The Morgan fingerprint density at radius 3 is 2.24 bits per heavy atom. The fourth-order valence-corrected chi connectivity index (χ4v) is 12.7. The molecular weight excluding hydrogens is 580 g/mol. The average molecular weight is 643 g/mol. The molecule has 0 aromatic heterocycles. The molecule has 5 nitrogen and oxygen atoms in total. The van der Waals surface area contributed by atoms with Crippen molar-refractivity contribution < 1.29 is 23.4 Å². The van der Waals surface area contributed by atoms with Crippen LogP contribution in [-0.2, 0) is 20.0 Å². The van der Waals surface area contributed by atoms with Gasteiger partial charge in [-0.2, -0.15) is 0 Å². The van der Waals surface area contributed by atoms with Crippen molar-refractivity contribution in [3.05, 3.63) is 29.8 Å². The summed E-state index contributed by atoms with van der Waals surface area (Å²) < 4.78 is 26.1. The Bertz CT molecular complexity index is 1300. The van der Waals surface area contributed by atoms with Crippen molar-refractivity contribution in [2.75, 3.05) is 5.75 Å². The molecule has 4 aliphatic carbocycles. The second kappa shape index (κ2) is 13.0. The number of aliphatic hydroxyl groups excluding tert-OH is 2. The van der Waals surface area contributed by atoms with Gasteiger partial charge in [-0.05, 0) is 133 Å². The molecule has 45 heavy (non-hydrogen) atoms.